The average molecular weight is 349 g/mol. The van der Waals surface area contributed by atoms with Gasteiger partial charge in [0.2, 0.25) is 15.9 Å². The number of benzene rings is 1. The summed E-state index contributed by atoms with van der Waals surface area (Å²) in [5.74, 6) is -0.345. The molecular weight excluding hydrogens is 330 g/mol. The Hall–Kier alpha value is -1.93. The number of amides is 1. The number of likely N-dealkylation sites (N-methyl/N-ethyl adjacent to an activating group) is 1. The summed E-state index contributed by atoms with van der Waals surface area (Å²) in [6.45, 7) is 0.233. The molecule has 1 aliphatic carbocycles. The fraction of sp³-hybridized carbons (Fsp3) is 0.500. The van der Waals surface area contributed by atoms with E-state index in [1.165, 1.54) is 9.21 Å². The molecule has 128 valence electrons. The number of fused-ring (bicyclic) bond motifs is 1. The maximum absolute atomic E-state index is 12.6. The van der Waals surface area contributed by atoms with Gasteiger partial charge in [-0.1, -0.05) is 12.1 Å². The minimum atomic E-state index is -3.39. The van der Waals surface area contributed by atoms with Gasteiger partial charge in [0.25, 0.3) is 0 Å². The molecule has 1 spiro atoms. The smallest absolute Gasteiger partial charge is 0.304 e. The molecule has 2 aliphatic rings. The fourth-order valence-corrected chi connectivity index (χ4v) is 5.50. The SMILES string of the molecule is CN(C(=O)CN1CCCC2(CC2)S1(=O)=O)c1nc2ccccc2o1. The van der Waals surface area contributed by atoms with Gasteiger partial charge in [-0.15, -0.1) is 0 Å². The molecule has 8 heteroatoms. The number of sulfonamides is 1. The van der Waals surface area contributed by atoms with Gasteiger partial charge in [-0.3, -0.25) is 9.69 Å². The van der Waals surface area contributed by atoms with Gasteiger partial charge in [-0.25, -0.2) is 8.42 Å². The molecule has 0 atom stereocenters. The number of rotatable bonds is 3. The van der Waals surface area contributed by atoms with Crippen molar-refractivity contribution >= 4 is 33.0 Å². The number of carbonyl (C=O) groups is 1. The lowest BCUT2D eigenvalue weighted by Gasteiger charge is -2.32. The molecule has 2 fully saturated rings. The molecule has 0 unspecified atom stereocenters. The van der Waals surface area contributed by atoms with Crippen molar-refractivity contribution in [2.24, 2.45) is 0 Å². The van der Waals surface area contributed by atoms with Crippen molar-refractivity contribution in [2.75, 3.05) is 25.0 Å². The molecular formula is C16H19N3O4S. The van der Waals surface area contributed by atoms with Crippen molar-refractivity contribution in [2.45, 2.75) is 30.4 Å². The van der Waals surface area contributed by atoms with Crippen molar-refractivity contribution in [1.29, 1.82) is 0 Å². The van der Waals surface area contributed by atoms with Crippen LogP contribution in [-0.2, 0) is 14.8 Å². The molecule has 1 saturated carbocycles. The highest BCUT2D eigenvalue weighted by Crippen LogP contribution is 2.50. The van der Waals surface area contributed by atoms with Crippen LogP contribution in [0, 0.1) is 0 Å². The highest BCUT2D eigenvalue weighted by atomic mass is 32.2. The van der Waals surface area contributed by atoms with E-state index in [9.17, 15) is 13.2 Å². The Bertz CT molecular complexity index is 868. The molecule has 0 radical (unpaired) electrons. The zero-order valence-electron chi connectivity index (χ0n) is 13.4. The van der Waals surface area contributed by atoms with Crippen LogP contribution < -0.4 is 4.90 Å². The van der Waals surface area contributed by atoms with Crippen LogP contribution in [0.4, 0.5) is 6.01 Å². The molecule has 2 heterocycles. The molecule has 1 aromatic carbocycles. The normalized spacial score (nSPS) is 21.9. The summed E-state index contributed by atoms with van der Waals surface area (Å²) in [5.41, 5.74) is 1.25. The summed E-state index contributed by atoms with van der Waals surface area (Å²) in [6, 6.07) is 7.42. The molecule has 0 bridgehead atoms. The molecule has 1 aromatic heterocycles. The van der Waals surface area contributed by atoms with E-state index in [0.29, 0.717) is 36.9 Å². The summed E-state index contributed by atoms with van der Waals surface area (Å²) in [6.07, 6.45) is 2.93. The lowest BCUT2D eigenvalue weighted by atomic mass is 10.2. The van der Waals surface area contributed by atoms with Crippen LogP contribution >= 0.6 is 0 Å². The van der Waals surface area contributed by atoms with E-state index in [-0.39, 0.29) is 18.5 Å². The zero-order chi connectivity index (χ0) is 16.9. The first-order valence-corrected chi connectivity index (χ1v) is 9.49. The van der Waals surface area contributed by atoms with Gasteiger partial charge in [0.05, 0.1) is 11.3 Å². The Kier molecular flexibility index (Phi) is 3.43. The van der Waals surface area contributed by atoms with E-state index >= 15 is 0 Å². The van der Waals surface area contributed by atoms with E-state index in [1.54, 1.807) is 19.2 Å². The molecule has 1 saturated heterocycles. The topological polar surface area (TPSA) is 83.7 Å². The number of para-hydroxylation sites is 2. The quantitative estimate of drug-likeness (QED) is 0.843. The number of anilines is 1. The predicted octanol–water partition coefficient (Wildman–Crippen LogP) is 1.75. The number of hydrogen-bond donors (Lipinski definition) is 0. The van der Waals surface area contributed by atoms with Crippen LogP contribution in [0.2, 0.25) is 0 Å². The Morgan fingerprint density at radius 3 is 2.79 bits per heavy atom. The van der Waals surface area contributed by atoms with Crippen molar-refractivity contribution in [3.63, 3.8) is 0 Å². The highest BCUT2D eigenvalue weighted by Gasteiger charge is 2.58. The van der Waals surface area contributed by atoms with E-state index in [0.717, 1.165) is 6.42 Å². The molecule has 24 heavy (non-hydrogen) atoms. The summed E-state index contributed by atoms with van der Waals surface area (Å²) < 4.78 is 31.6. The van der Waals surface area contributed by atoms with Gasteiger partial charge in [-0.2, -0.15) is 9.29 Å². The molecule has 1 aliphatic heterocycles. The maximum atomic E-state index is 12.6. The molecule has 2 aromatic rings. The van der Waals surface area contributed by atoms with Crippen LogP contribution in [0.3, 0.4) is 0 Å². The van der Waals surface area contributed by atoms with Crippen molar-refractivity contribution in [1.82, 2.24) is 9.29 Å². The summed E-state index contributed by atoms with van der Waals surface area (Å²) >= 11 is 0. The summed E-state index contributed by atoms with van der Waals surface area (Å²) in [7, 11) is -1.84. The first-order chi connectivity index (χ1) is 11.4. The molecule has 7 nitrogen and oxygen atoms in total. The number of hydrogen-bond acceptors (Lipinski definition) is 5. The minimum absolute atomic E-state index is 0.167. The molecule has 1 amide bonds. The Morgan fingerprint density at radius 2 is 2.08 bits per heavy atom. The first kappa shape index (κ1) is 15.6. The zero-order valence-corrected chi connectivity index (χ0v) is 14.3. The third-order valence-electron chi connectivity index (χ3n) is 4.99. The Balaban J connectivity index is 1.53. The van der Waals surface area contributed by atoms with E-state index < -0.39 is 14.8 Å². The van der Waals surface area contributed by atoms with Crippen LogP contribution in [0.1, 0.15) is 25.7 Å². The number of nitrogens with zero attached hydrogens (tertiary/aromatic N) is 3. The Morgan fingerprint density at radius 1 is 1.33 bits per heavy atom. The van der Waals surface area contributed by atoms with Crippen molar-refractivity contribution < 1.29 is 17.6 Å². The first-order valence-electron chi connectivity index (χ1n) is 8.05. The third-order valence-corrected chi connectivity index (χ3v) is 7.69. The van der Waals surface area contributed by atoms with E-state index in [4.69, 9.17) is 4.42 Å². The minimum Gasteiger partial charge on any atom is -0.423 e. The molecule has 0 N–H and O–H groups in total. The average Bonchev–Trinajstić information content (AvgIpc) is 3.22. The lowest BCUT2D eigenvalue weighted by Crippen LogP contribution is -2.49. The predicted molar refractivity (Wildman–Crippen MR) is 89.1 cm³/mol. The van der Waals surface area contributed by atoms with Gasteiger partial charge in [-0.05, 0) is 37.8 Å². The number of carbonyl (C=O) groups excluding carboxylic acids is 1. The van der Waals surface area contributed by atoms with E-state index in [1.807, 2.05) is 12.1 Å². The van der Waals surface area contributed by atoms with Crippen molar-refractivity contribution in [3.8, 4) is 0 Å². The van der Waals surface area contributed by atoms with Crippen LogP contribution in [0.15, 0.2) is 28.7 Å². The lowest BCUT2D eigenvalue weighted by molar-refractivity contribution is -0.118. The maximum Gasteiger partial charge on any atom is 0.304 e. The van der Waals surface area contributed by atoms with Gasteiger partial charge in [0, 0.05) is 13.6 Å². The summed E-state index contributed by atoms with van der Waals surface area (Å²) in [5, 5.41) is 0. The summed E-state index contributed by atoms with van der Waals surface area (Å²) in [4.78, 5) is 18.1. The van der Waals surface area contributed by atoms with Gasteiger partial charge in [0.15, 0.2) is 5.58 Å². The number of oxazole rings is 1. The van der Waals surface area contributed by atoms with Crippen LogP contribution in [0.25, 0.3) is 11.1 Å². The second kappa shape index (κ2) is 5.29. The van der Waals surface area contributed by atoms with Crippen LogP contribution in [-0.4, -0.2) is 48.5 Å². The second-order valence-electron chi connectivity index (χ2n) is 6.54. The van der Waals surface area contributed by atoms with Gasteiger partial charge in [0.1, 0.15) is 5.52 Å². The van der Waals surface area contributed by atoms with Crippen LogP contribution in [0.5, 0.6) is 0 Å². The second-order valence-corrected chi connectivity index (χ2v) is 8.87. The monoisotopic (exact) mass is 349 g/mol. The Labute approximate surface area is 140 Å². The molecule has 4 rings (SSSR count). The van der Waals surface area contributed by atoms with Gasteiger partial charge < -0.3 is 4.42 Å². The van der Waals surface area contributed by atoms with E-state index in [2.05, 4.69) is 4.98 Å². The third kappa shape index (κ3) is 2.32. The van der Waals surface area contributed by atoms with Gasteiger partial charge >= 0.3 is 6.01 Å². The number of aromatic nitrogens is 1. The highest BCUT2D eigenvalue weighted by molar-refractivity contribution is 7.90. The van der Waals surface area contributed by atoms with Crippen molar-refractivity contribution in [3.05, 3.63) is 24.3 Å². The fourth-order valence-electron chi connectivity index (χ4n) is 3.28. The standard InChI is InChI=1S/C16H19N3O4S/c1-18(15-17-12-5-2-3-6-13(12)23-15)14(20)11-19-10-4-7-16(8-9-16)24(19,21)22/h2-3,5-6H,4,7-11H2,1H3. The largest absolute Gasteiger partial charge is 0.423 e.